The molecule has 0 aromatic heterocycles. The fraction of sp³-hybridized carbons (Fsp3) is 0.200. The fourth-order valence-electron chi connectivity index (χ4n) is 1.28. The van der Waals surface area contributed by atoms with Crippen LogP contribution in [0.15, 0.2) is 12.1 Å². The largest absolute Gasteiger partial charge is 0.481 e. The van der Waals surface area contributed by atoms with E-state index in [1.54, 1.807) is 0 Å². The van der Waals surface area contributed by atoms with Crippen molar-refractivity contribution in [2.45, 2.75) is 13.0 Å². The van der Waals surface area contributed by atoms with Gasteiger partial charge in [-0.1, -0.05) is 0 Å². The van der Waals surface area contributed by atoms with Gasteiger partial charge in [-0.05, 0) is 12.1 Å². The molecular weight excluding hydrogens is 241 g/mol. The number of carboxylic acids is 1. The Morgan fingerprint density at radius 2 is 2.12 bits per heavy atom. The smallest absolute Gasteiger partial charge is 0.387 e. The molecule has 0 bridgehead atoms. The van der Waals surface area contributed by atoms with E-state index in [1.807, 2.05) is 0 Å². The summed E-state index contributed by atoms with van der Waals surface area (Å²) in [5.74, 6) is -2.90. The normalized spacial score (nSPS) is 10.4. The molecular formula is C10H7F3O4. The van der Waals surface area contributed by atoms with Crippen molar-refractivity contribution in [1.29, 1.82) is 0 Å². The maximum atomic E-state index is 13.2. The minimum Gasteiger partial charge on any atom is -0.481 e. The second kappa shape index (κ2) is 5.33. The fourth-order valence-corrected chi connectivity index (χ4v) is 1.28. The summed E-state index contributed by atoms with van der Waals surface area (Å²) < 4.78 is 41.2. The Bertz CT molecular complexity index is 445. The van der Waals surface area contributed by atoms with Crippen LogP contribution in [0.3, 0.4) is 0 Å². The Balaban J connectivity index is 3.28. The molecule has 4 nitrogen and oxygen atoms in total. The van der Waals surface area contributed by atoms with Crippen molar-refractivity contribution >= 4 is 12.3 Å². The molecule has 92 valence electrons. The molecule has 0 aliphatic carbocycles. The van der Waals surface area contributed by atoms with Crippen LogP contribution in [0.2, 0.25) is 0 Å². The first kappa shape index (κ1) is 13.0. The van der Waals surface area contributed by atoms with Gasteiger partial charge < -0.3 is 9.84 Å². The van der Waals surface area contributed by atoms with Crippen molar-refractivity contribution in [3.05, 3.63) is 29.1 Å². The minimum absolute atomic E-state index is 0.0614. The molecule has 1 rings (SSSR count). The van der Waals surface area contributed by atoms with Crippen molar-refractivity contribution in [2.24, 2.45) is 0 Å². The van der Waals surface area contributed by atoms with Gasteiger partial charge in [-0.25, -0.2) is 4.39 Å². The number of benzene rings is 1. The first-order valence-corrected chi connectivity index (χ1v) is 4.39. The van der Waals surface area contributed by atoms with Crippen LogP contribution in [-0.2, 0) is 11.2 Å². The Kier molecular flexibility index (Phi) is 4.08. The quantitative estimate of drug-likeness (QED) is 0.808. The number of aldehydes is 1. The summed E-state index contributed by atoms with van der Waals surface area (Å²) in [6.07, 6.45) is -0.722. The van der Waals surface area contributed by atoms with E-state index in [2.05, 4.69) is 4.74 Å². The highest BCUT2D eigenvalue weighted by atomic mass is 19.3. The monoisotopic (exact) mass is 248 g/mol. The highest BCUT2D eigenvalue weighted by Gasteiger charge is 2.19. The second-order valence-electron chi connectivity index (χ2n) is 3.00. The van der Waals surface area contributed by atoms with E-state index < -0.39 is 41.7 Å². The van der Waals surface area contributed by atoms with Gasteiger partial charge in [0.2, 0.25) is 0 Å². The van der Waals surface area contributed by atoms with Crippen molar-refractivity contribution in [2.75, 3.05) is 0 Å². The number of alkyl halides is 2. The lowest BCUT2D eigenvalue weighted by atomic mass is 10.0. The van der Waals surface area contributed by atoms with Crippen molar-refractivity contribution in [1.82, 2.24) is 0 Å². The summed E-state index contributed by atoms with van der Waals surface area (Å²) in [4.78, 5) is 21.1. The van der Waals surface area contributed by atoms with Crippen LogP contribution < -0.4 is 4.74 Å². The molecule has 0 saturated heterocycles. The summed E-state index contributed by atoms with van der Waals surface area (Å²) in [5, 5.41) is 8.55. The number of hydrogen-bond acceptors (Lipinski definition) is 3. The number of carbonyl (C=O) groups excluding carboxylic acids is 1. The molecule has 0 heterocycles. The molecule has 7 heteroatoms. The van der Waals surface area contributed by atoms with Gasteiger partial charge in [0.05, 0.1) is 12.0 Å². The van der Waals surface area contributed by atoms with E-state index in [4.69, 9.17) is 5.11 Å². The van der Waals surface area contributed by atoms with Crippen LogP contribution in [-0.4, -0.2) is 24.0 Å². The molecule has 0 spiro atoms. The third-order valence-electron chi connectivity index (χ3n) is 1.92. The van der Waals surface area contributed by atoms with Crippen LogP contribution >= 0.6 is 0 Å². The zero-order valence-electron chi connectivity index (χ0n) is 8.32. The Labute approximate surface area is 93.6 Å². The number of rotatable bonds is 5. The lowest BCUT2D eigenvalue weighted by Gasteiger charge is -2.11. The molecule has 1 N–H and O–H groups in total. The molecule has 0 fully saturated rings. The summed E-state index contributed by atoms with van der Waals surface area (Å²) in [5.41, 5.74) is -1.00. The highest BCUT2D eigenvalue weighted by molar-refractivity contribution is 5.83. The van der Waals surface area contributed by atoms with E-state index in [0.717, 1.165) is 12.1 Å². The van der Waals surface area contributed by atoms with E-state index in [9.17, 15) is 22.8 Å². The van der Waals surface area contributed by atoms with Crippen LogP contribution in [0.4, 0.5) is 13.2 Å². The molecule has 1 aromatic carbocycles. The van der Waals surface area contributed by atoms with Gasteiger partial charge in [0.15, 0.2) is 6.29 Å². The average Bonchev–Trinajstić information content (AvgIpc) is 2.21. The minimum atomic E-state index is -3.19. The number of hydrogen-bond donors (Lipinski definition) is 1. The third kappa shape index (κ3) is 3.20. The van der Waals surface area contributed by atoms with Crippen LogP contribution in [0.1, 0.15) is 15.9 Å². The maximum Gasteiger partial charge on any atom is 0.387 e. The number of aliphatic carboxylic acids is 1. The number of ether oxygens (including phenoxy) is 1. The van der Waals surface area contributed by atoms with Crippen LogP contribution in [0.5, 0.6) is 5.75 Å². The van der Waals surface area contributed by atoms with Gasteiger partial charge in [0.1, 0.15) is 11.6 Å². The van der Waals surface area contributed by atoms with Gasteiger partial charge in [0.25, 0.3) is 0 Å². The van der Waals surface area contributed by atoms with Crippen molar-refractivity contribution < 1.29 is 32.6 Å². The van der Waals surface area contributed by atoms with Gasteiger partial charge >= 0.3 is 12.6 Å². The molecule has 0 aliphatic heterocycles. The summed E-state index contributed by atoms with van der Waals surface area (Å²) in [6.45, 7) is -3.19. The van der Waals surface area contributed by atoms with Crippen molar-refractivity contribution in [3.63, 3.8) is 0 Å². The van der Waals surface area contributed by atoms with E-state index in [-0.39, 0.29) is 6.29 Å². The van der Waals surface area contributed by atoms with Crippen LogP contribution in [0, 0.1) is 5.82 Å². The lowest BCUT2D eigenvalue weighted by Crippen LogP contribution is -2.11. The van der Waals surface area contributed by atoms with Crippen molar-refractivity contribution in [3.8, 4) is 5.75 Å². The van der Waals surface area contributed by atoms with Gasteiger partial charge in [-0.15, -0.1) is 0 Å². The summed E-state index contributed by atoms with van der Waals surface area (Å²) >= 11 is 0. The molecule has 0 aliphatic rings. The zero-order chi connectivity index (χ0) is 13.0. The molecule has 17 heavy (non-hydrogen) atoms. The topological polar surface area (TPSA) is 63.6 Å². The molecule has 0 amide bonds. The molecule has 0 saturated carbocycles. The Morgan fingerprint density at radius 1 is 1.47 bits per heavy atom. The highest BCUT2D eigenvalue weighted by Crippen LogP contribution is 2.26. The number of carboxylic acid groups (broad SMARTS) is 1. The Morgan fingerprint density at radius 3 is 2.59 bits per heavy atom. The van der Waals surface area contributed by atoms with Gasteiger partial charge in [0, 0.05) is 5.56 Å². The number of carbonyl (C=O) groups is 2. The third-order valence-corrected chi connectivity index (χ3v) is 1.92. The average molecular weight is 248 g/mol. The summed E-state index contributed by atoms with van der Waals surface area (Å²) in [7, 11) is 0. The number of halogens is 3. The standard InChI is InChI=1S/C10H7F3O4/c11-7-1-2-8(17-10(12)13)5(3-9(15)16)6(7)4-14/h1-2,4,10H,3H2,(H,15,16). The lowest BCUT2D eigenvalue weighted by molar-refractivity contribution is -0.136. The van der Waals surface area contributed by atoms with E-state index >= 15 is 0 Å². The molecule has 0 unspecified atom stereocenters. The zero-order valence-corrected chi connectivity index (χ0v) is 8.32. The first-order valence-electron chi connectivity index (χ1n) is 4.39. The predicted octanol–water partition coefficient (Wildman–Crippen LogP) is 1.87. The van der Waals surface area contributed by atoms with Gasteiger partial charge in [-0.3, -0.25) is 9.59 Å². The SMILES string of the molecule is O=Cc1c(F)ccc(OC(F)F)c1CC(=O)O. The first-order chi connectivity index (χ1) is 7.95. The van der Waals surface area contributed by atoms with Crippen LogP contribution in [0.25, 0.3) is 0 Å². The second-order valence-corrected chi connectivity index (χ2v) is 3.00. The van der Waals surface area contributed by atoms with E-state index in [0.29, 0.717) is 0 Å². The molecule has 0 atom stereocenters. The van der Waals surface area contributed by atoms with E-state index in [1.165, 1.54) is 0 Å². The predicted molar refractivity (Wildman–Crippen MR) is 49.8 cm³/mol. The Hall–Kier alpha value is -2.05. The molecule has 1 aromatic rings. The van der Waals surface area contributed by atoms with Gasteiger partial charge in [-0.2, -0.15) is 8.78 Å². The molecule has 0 radical (unpaired) electrons. The summed E-state index contributed by atoms with van der Waals surface area (Å²) in [6, 6.07) is 1.61. The maximum absolute atomic E-state index is 13.2.